The Bertz CT molecular complexity index is 615. The molecule has 0 aromatic heterocycles. The lowest BCUT2D eigenvalue weighted by atomic mass is 9.93. The van der Waals surface area contributed by atoms with Crippen molar-refractivity contribution in [2.24, 2.45) is 0 Å². The first kappa shape index (κ1) is 14.5. The van der Waals surface area contributed by atoms with Gasteiger partial charge < -0.3 is 0 Å². The highest BCUT2D eigenvalue weighted by molar-refractivity contribution is 6.10. The molecule has 2 rings (SSSR count). The predicted octanol–water partition coefficient (Wildman–Crippen LogP) is 2.75. The summed E-state index contributed by atoms with van der Waals surface area (Å²) in [4.78, 5) is 12.3. The third kappa shape index (κ3) is 2.53. The summed E-state index contributed by atoms with van der Waals surface area (Å²) in [5.74, 6) is 5.19. The summed E-state index contributed by atoms with van der Waals surface area (Å²) in [5.41, 5.74) is -0.258. The molecule has 0 spiro atoms. The van der Waals surface area contributed by atoms with Crippen LogP contribution in [0.25, 0.3) is 0 Å². The number of ketones is 1. The van der Waals surface area contributed by atoms with Crippen LogP contribution in [0.5, 0.6) is 0 Å². The molecule has 1 aliphatic rings. The van der Waals surface area contributed by atoms with Gasteiger partial charge in [0.25, 0.3) is 0 Å². The average Bonchev–Trinajstić information content (AvgIpc) is 2.57. The Morgan fingerprint density at radius 3 is 2.20 bits per heavy atom. The van der Waals surface area contributed by atoms with Crippen LogP contribution in [-0.2, 0) is 10.0 Å². The van der Waals surface area contributed by atoms with E-state index < -0.39 is 11.1 Å². The second-order valence-corrected chi connectivity index (χ2v) is 6.01. The largest absolute Gasteiger partial charge is 0.280 e. The minimum Gasteiger partial charge on any atom is -0.280 e. The van der Waals surface area contributed by atoms with Gasteiger partial charge in [0.05, 0.1) is 11.1 Å². The first-order chi connectivity index (χ1) is 9.25. The molecule has 103 valence electrons. The highest BCUT2D eigenvalue weighted by atomic mass is 16.5. The van der Waals surface area contributed by atoms with E-state index in [9.17, 15) is 10.0 Å². The first-order valence-electron chi connectivity index (χ1n) is 6.57. The summed E-state index contributed by atoms with van der Waals surface area (Å²) in [6, 6.07) is 9.33. The third-order valence-corrected chi connectivity index (χ3v) is 3.53. The maximum Gasteiger partial charge on any atom is 0.233 e. The summed E-state index contributed by atoms with van der Waals surface area (Å²) >= 11 is 0. The van der Waals surface area contributed by atoms with Crippen molar-refractivity contribution in [2.75, 3.05) is 0 Å². The summed E-state index contributed by atoms with van der Waals surface area (Å²) in [5, 5.41) is 13.2. The number of hydrogen-bond donors (Lipinski definition) is 0. The number of Topliss-reactive ketones (excluding diaryl/α,β-unsaturated/α-hetero) is 1. The fraction of sp³-hybridized carbons (Fsp3) is 0.353. The van der Waals surface area contributed by atoms with Crippen molar-refractivity contribution in [1.29, 1.82) is 0 Å². The van der Waals surface area contributed by atoms with Crippen LogP contribution in [0.4, 0.5) is 0 Å². The second-order valence-electron chi connectivity index (χ2n) is 6.01. The summed E-state index contributed by atoms with van der Waals surface area (Å²) < 4.78 is 0. The number of rotatable bonds is 1. The van der Waals surface area contributed by atoms with E-state index in [2.05, 4.69) is 11.8 Å². The van der Waals surface area contributed by atoms with Crippen LogP contribution >= 0.6 is 0 Å². The fourth-order valence-corrected chi connectivity index (χ4v) is 2.48. The van der Waals surface area contributed by atoms with Crippen LogP contribution in [0, 0.1) is 11.8 Å². The van der Waals surface area contributed by atoms with Crippen LogP contribution in [0.2, 0.25) is 0 Å². The van der Waals surface area contributed by atoms with Crippen molar-refractivity contribution in [3.05, 3.63) is 47.5 Å². The molecule has 3 nitrogen and oxygen atoms in total. The van der Waals surface area contributed by atoms with Crippen LogP contribution in [0.1, 0.15) is 33.3 Å². The Balaban J connectivity index is 2.29. The van der Waals surface area contributed by atoms with E-state index in [1.54, 1.807) is 33.8 Å². The molecule has 1 aromatic carbocycles. The van der Waals surface area contributed by atoms with E-state index in [0.717, 1.165) is 10.6 Å². The summed E-state index contributed by atoms with van der Waals surface area (Å²) in [6.45, 7) is 7.10. The molecule has 0 atom stereocenters. The molecular weight excluding hydrogens is 250 g/mol. The molecule has 0 amide bonds. The van der Waals surface area contributed by atoms with Gasteiger partial charge in [-0.25, -0.2) is 0 Å². The number of nitrogens with zero attached hydrogens (tertiary/aromatic N) is 1. The minimum absolute atomic E-state index is 0.287. The summed E-state index contributed by atoms with van der Waals surface area (Å²) in [7, 11) is 0. The fourth-order valence-electron chi connectivity index (χ4n) is 2.48. The molecule has 1 radical (unpaired) electrons. The SMILES string of the molecule is CC1(C)C=C(C(=O)C#Cc2ccccc2)C(C)(C)N1[O]. The lowest BCUT2D eigenvalue weighted by Gasteiger charge is -2.33. The van der Waals surface area contributed by atoms with Crippen molar-refractivity contribution in [1.82, 2.24) is 5.06 Å². The molecule has 0 saturated heterocycles. The minimum atomic E-state index is -0.841. The monoisotopic (exact) mass is 268 g/mol. The lowest BCUT2D eigenvalue weighted by Crippen LogP contribution is -2.47. The number of carbonyl (C=O) groups is 1. The molecule has 20 heavy (non-hydrogen) atoms. The molecule has 0 aliphatic carbocycles. The van der Waals surface area contributed by atoms with E-state index in [0.29, 0.717) is 5.57 Å². The van der Waals surface area contributed by atoms with E-state index in [4.69, 9.17) is 0 Å². The van der Waals surface area contributed by atoms with E-state index in [1.165, 1.54) is 0 Å². The summed E-state index contributed by atoms with van der Waals surface area (Å²) in [6.07, 6.45) is 1.72. The maximum atomic E-state index is 12.3. The van der Waals surface area contributed by atoms with E-state index in [1.807, 2.05) is 30.3 Å². The Kier molecular flexibility index (Phi) is 3.56. The number of hydroxylamine groups is 2. The first-order valence-corrected chi connectivity index (χ1v) is 6.57. The zero-order chi connectivity index (χ0) is 15.0. The quantitative estimate of drug-likeness (QED) is 0.735. The van der Waals surface area contributed by atoms with Gasteiger partial charge in [-0.05, 0) is 45.7 Å². The molecule has 0 fully saturated rings. The lowest BCUT2D eigenvalue weighted by molar-refractivity contribution is -0.238. The molecule has 1 heterocycles. The Labute approximate surface area is 119 Å². The standard InChI is InChI=1S/C17H18NO2/c1-16(2)12-14(17(3,4)18(16)20)15(19)11-10-13-8-6-5-7-9-13/h5-9,12H,1-4H3. The van der Waals surface area contributed by atoms with Gasteiger partial charge in [0.15, 0.2) is 0 Å². The Morgan fingerprint density at radius 2 is 1.70 bits per heavy atom. The van der Waals surface area contributed by atoms with Gasteiger partial charge in [-0.15, -0.1) is 10.3 Å². The number of benzene rings is 1. The van der Waals surface area contributed by atoms with Crippen LogP contribution in [-0.4, -0.2) is 21.9 Å². The van der Waals surface area contributed by atoms with Gasteiger partial charge in [-0.2, -0.15) is 0 Å². The molecule has 1 aromatic rings. The van der Waals surface area contributed by atoms with Crippen molar-refractivity contribution in [3.63, 3.8) is 0 Å². The Morgan fingerprint density at radius 1 is 1.10 bits per heavy atom. The van der Waals surface area contributed by atoms with Crippen LogP contribution < -0.4 is 0 Å². The van der Waals surface area contributed by atoms with E-state index >= 15 is 0 Å². The van der Waals surface area contributed by atoms with Crippen LogP contribution in [0.3, 0.4) is 0 Å². The molecular formula is C17H18NO2. The predicted molar refractivity (Wildman–Crippen MR) is 77.1 cm³/mol. The van der Waals surface area contributed by atoms with Crippen molar-refractivity contribution in [3.8, 4) is 11.8 Å². The van der Waals surface area contributed by atoms with Crippen molar-refractivity contribution in [2.45, 2.75) is 38.8 Å². The molecule has 0 bridgehead atoms. The van der Waals surface area contributed by atoms with Gasteiger partial charge in [-0.3, -0.25) is 4.79 Å². The molecule has 0 unspecified atom stereocenters. The molecule has 1 aliphatic heterocycles. The zero-order valence-electron chi connectivity index (χ0n) is 12.2. The highest BCUT2D eigenvalue weighted by Crippen LogP contribution is 2.38. The normalized spacial score (nSPS) is 19.9. The topological polar surface area (TPSA) is 40.2 Å². The number of carbonyl (C=O) groups excluding carboxylic acids is 1. The second kappa shape index (κ2) is 4.90. The van der Waals surface area contributed by atoms with Gasteiger partial charge in [0, 0.05) is 11.1 Å². The third-order valence-electron chi connectivity index (χ3n) is 3.53. The van der Waals surface area contributed by atoms with E-state index in [-0.39, 0.29) is 5.78 Å². The van der Waals surface area contributed by atoms with Crippen LogP contribution in [0.15, 0.2) is 42.0 Å². The van der Waals surface area contributed by atoms with Gasteiger partial charge in [-0.1, -0.05) is 30.2 Å². The average molecular weight is 268 g/mol. The van der Waals surface area contributed by atoms with Gasteiger partial charge >= 0.3 is 0 Å². The molecule has 3 heteroatoms. The zero-order valence-corrected chi connectivity index (χ0v) is 12.2. The molecule has 0 saturated carbocycles. The maximum absolute atomic E-state index is 12.3. The molecule has 0 N–H and O–H groups in total. The van der Waals surface area contributed by atoms with Crippen molar-refractivity contribution >= 4 is 5.78 Å². The van der Waals surface area contributed by atoms with Gasteiger partial charge in [0.1, 0.15) is 0 Å². The highest BCUT2D eigenvalue weighted by Gasteiger charge is 2.48. The Hall–Kier alpha value is -1.89. The van der Waals surface area contributed by atoms with Gasteiger partial charge in [0.2, 0.25) is 5.78 Å². The smallest absolute Gasteiger partial charge is 0.233 e. The van der Waals surface area contributed by atoms with Crippen molar-refractivity contribution < 1.29 is 10.0 Å². The number of hydrogen-bond acceptors (Lipinski definition) is 2.